The molecular weight excluding hydrogens is 534 g/mol. The Morgan fingerprint density at radius 2 is 1.57 bits per heavy atom. The summed E-state index contributed by atoms with van der Waals surface area (Å²) in [7, 11) is -2.58. The van der Waals surface area contributed by atoms with Crippen molar-refractivity contribution >= 4 is 21.9 Å². The highest BCUT2D eigenvalue weighted by atomic mass is 32.2. The number of piperidine rings is 1. The molecule has 1 fully saturated rings. The molecule has 214 valence electrons. The fourth-order valence-electron chi connectivity index (χ4n) is 4.32. The summed E-state index contributed by atoms with van der Waals surface area (Å²) in [5.74, 6) is -0.271. The molecule has 1 atom stereocenters. The van der Waals surface area contributed by atoms with Gasteiger partial charge >= 0.3 is 16.2 Å². The number of esters is 1. The molecule has 0 saturated carbocycles. The largest absolute Gasteiger partial charge is 0.481 e. The zero-order valence-corrected chi connectivity index (χ0v) is 23.3. The highest BCUT2D eigenvalue weighted by Crippen LogP contribution is 2.24. The highest BCUT2D eigenvalue weighted by Gasteiger charge is 2.39. The van der Waals surface area contributed by atoms with Crippen molar-refractivity contribution in [2.45, 2.75) is 44.6 Å². The first-order valence-electron chi connectivity index (χ1n) is 13.2. The normalized spacial score (nSPS) is 16.0. The summed E-state index contributed by atoms with van der Waals surface area (Å²) < 4.78 is 52.7. The fourth-order valence-corrected chi connectivity index (χ4v) is 5.75. The summed E-state index contributed by atoms with van der Waals surface area (Å²) in [5, 5.41) is 0. The van der Waals surface area contributed by atoms with Crippen molar-refractivity contribution in [1.82, 2.24) is 9.29 Å². The quantitative estimate of drug-likeness (QED) is 0.290. The number of nitrogens with one attached hydrogen (secondary N) is 1. The van der Waals surface area contributed by atoms with Crippen molar-refractivity contribution in [3.63, 3.8) is 0 Å². The van der Waals surface area contributed by atoms with Crippen LogP contribution in [0.4, 0.5) is 5.69 Å². The van der Waals surface area contributed by atoms with E-state index < -0.39 is 28.3 Å². The number of hydrogen-bond acceptors (Lipinski definition) is 8. The van der Waals surface area contributed by atoms with Crippen molar-refractivity contribution in [1.29, 1.82) is 0 Å². The summed E-state index contributed by atoms with van der Waals surface area (Å²) in [5.41, 5.74) is 2.24. The minimum Gasteiger partial charge on any atom is -0.481 e. The van der Waals surface area contributed by atoms with Gasteiger partial charge in [-0.25, -0.2) is 4.98 Å². The van der Waals surface area contributed by atoms with Gasteiger partial charge in [0.05, 0.1) is 45.4 Å². The lowest BCUT2D eigenvalue weighted by atomic mass is 10.1. The van der Waals surface area contributed by atoms with Crippen LogP contribution in [0.1, 0.15) is 30.4 Å². The van der Waals surface area contributed by atoms with Gasteiger partial charge in [-0.1, -0.05) is 60.7 Å². The molecule has 0 aliphatic carbocycles. The molecule has 0 unspecified atom stereocenters. The van der Waals surface area contributed by atoms with Crippen molar-refractivity contribution in [2.24, 2.45) is 0 Å². The summed E-state index contributed by atoms with van der Waals surface area (Å²) in [6.07, 6.45) is 2.33. The van der Waals surface area contributed by atoms with Crippen LogP contribution in [-0.2, 0) is 42.4 Å². The van der Waals surface area contributed by atoms with E-state index in [0.717, 1.165) is 15.4 Å². The van der Waals surface area contributed by atoms with E-state index in [4.69, 9.17) is 18.9 Å². The van der Waals surface area contributed by atoms with Crippen LogP contribution in [-0.4, -0.2) is 62.7 Å². The van der Waals surface area contributed by atoms with Gasteiger partial charge in [0, 0.05) is 12.6 Å². The molecule has 40 heavy (non-hydrogen) atoms. The summed E-state index contributed by atoms with van der Waals surface area (Å²) in [4.78, 5) is 17.4. The Hall–Kier alpha value is -3.51. The first kappa shape index (κ1) is 29.5. The lowest BCUT2D eigenvalue weighted by Gasteiger charge is -2.34. The molecule has 0 bridgehead atoms. The molecule has 10 nitrogen and oxygen atoms in total. The lowest BCUT2D eigenvalue weighted by Crippen LogP contribution is -2.51. The number of carbonyl (C=O) groups is 1. The zero-order valence-electron chi connectivity index (χ0n) is 22.5. The molecule has 11 heteroatoms. The monoisotopic (exact) mass is 569 g/mol. The minimum absolute atomic E-state index is 0.102. The van der Waals surface area contributed by atoms with Crippen molar-refractivity contribution in [3.05, 3.63) is 90.1 Å². The average Bonchev–Trinajstić information content (AvgIpc) is 2.98. The van der Waals surface area contributed by atoms with Crippen LogP contribution in [0.25, 0.3) is 0 Å². The summed E-state index contributed by atoms with van der Waals surface area (Å²) in [6.45, 7) is 1.09. The summed E-state index contributed by atoms with van der Waals surface area (Å²) in [6, 6.07) is 21.5. The Kier molecular flexibility index (Phi) is 10.9. The number of carbonyl (C=O) groups excluding carboxylic acids is 1. The number of hydrogen-bond donors (Lipinski definition) is 1. The number of pyridine rings is 1. The molecule has 3 aromatic rings. The Balaban J connectivity index is 1.40. The van der Waals surface area contributed by atoms with E-state index in [2.05, 4.69) is 9.71 Å². The summed E-state index contributed by atoms with van der Waals surface area (Å²) >= 11 is 0. The predicted molar refractivity (Wildman–Crippen MR) is 150 cm³/mol. The number of ether oxygens (including phenoxy) is 4. The standard InChI is InChI=1S/C29H35N3O7S/c1-36-28-16-15-25(18-30-28)31-40(34,35)32-17-9-8-14-27(32)29(33)39-26(21-37-19-23-10-4-2-5-11-23)22-38-20-24-12-6-3-7-13-24/h2-7,10-13,15-16,18,26-27,31H,8-9,14,17,19-22H2,1H3/t27-/m0/s1. The molecule has 1 saturated heterocycles. The Morgan fingerprint density at radius 1 is 0.950 bits per heavy atom. The van der Waals surface area contributed by atoms with Gasteiger partial charge in [0.25, 0.3) is 0 Å². The SMILES string of the molecule is COc1ccc(NS(=O)(=O)N2CCCC[C@H]2C(=O)OC(COCc2ccccc2)COCc2ccccc2)cn1. The van der Waals surface area contributed by atoms with Crippen LogP contribution in [0.2, 0.25) is 0 Å². The molecule has 0 radical (unpaired) electrons. The van der Waals surface area contributed by atoms with Crippen LogP contribution in [0.3, 0.4) is 0 Å². The van der Waals surface area contributed by atoms with Gasteiger partial charge in [-0.05, 0) is 36.5 Å². The number of rotatable bonds is 14. The minimum atomic E-state index is -4.05. The zero-order chi connectivity index (χ0) is 28.2. The number of aromatic nitrogens is 1. The third-order valence-electron chi connectivity index (χ3n) is 6.34. The van der Waals surface area contributed by atoms with Gasteiger partial charge in [-0.2, -0.15) is 12.7 Å². The Morgan fingerprint density at radius 3 is 2.12 bits per heavy atom. The Bertz CT molecular complexity index is 1250. The molecule has 1 aromatic heterocycles. The van der Waals surface area contributed by atoms with Crippen LogP contribution in [0, 0.1) is 0 Å². The van der Waals surface area contributed by atoms with Gasteiger partial charge in [0.2, 0.25) is 5.88 Å². The second-order valence-corrected chi connectivity index (χ2v) is 11.0. The maximum absolute atomic E-state index is 13.4. The third kappa shape index (κ3) is 8.75. The maximum Gasteiger partial charge on any atom is 0.324 e. The van der Waals surface area contributed by atoms with Crippen LogP contribution >= 0.6 is 0 Å². The number of methoxy groups -OCH3 is 1. The van der Waals surface area contributed by atoms with Gasteiger partial charge in [0.1, 0.15) is 12.1 Å². The molecular formula is C29H35N3O7S. The first-order chi connectivity index (χ1) is 19.4. The topological polar surface area (TPSA) is 116 Å². The van der Waals surface area contributed by atoms with E-state index in [-0.39, 0.29) is 25.4 Å². The lowest BCUT2D eigenvalue weighted by molar-refractivity contribution is -0.162. The Labute approximate surface area is 235 Å². The molecule has 4 rings (SSSR count). The second kappa shape index (κ2) is 14.8. The molecule has 0 spiro atoms. The molecule has 0 amide bonds. The predicted octanol–water partition coefficient (Wildman–Crippen LogP) is 3.95. The van der Waals surface area contributed by atoms with E-state index in [1.165, 1.54) is 13.3 Å². The van der Waals surface area contributed by atoms with E-state index in [9.17, 15) is 13.2 Å². The van der Waals surface area contributed by atoms with E-state index in [0.29, 0.717) is 38.4 Å². The van der Waals surface area contributed by atoms with Crippen LogP contribution in [0.15, 0.2) is 79.0 Å². The van der Waals surface area contributed by atoms with E-state index in [1.807, 2.05) is 60.7 Å². The molecule has 1 aliphatic heterocycles. The number of anilines is 1. The van der Waals surface area contributed by atoms with Crippen LogP contribution < -0.4 is 9.46 Å². The number of benzene rings is 2. The van der Waals surface area contributed by atoms with E-state index in [1.54, 1.807) is 12.1 Å². The molecule has 1 aliphatic rings. The molecule has 2 heterocycles. The first-order valence-corrected chi connectivity index (χ1v) is 14.6. The molecule has 2 aromatic carbocycles. The maximum atomic E-state index is 13.4. The van der Waals surface area contributed by atoms with E-state index >= 15 is 0 Å². The fraction of sp³-hybridized carbons (Fsp3) is 0.379. The number of nitrogens with zero attached hydrogens (tertiary/aromatic N) is 2. The smallest absolute Gasteiger partial charge is 0.324 e. The second-order valence-electron chi connectivity index (χ2n) is 9.38. The van der Waals surface area contributed by atoms with Crippen molar-refractivity contribution in [2.75, 3.05) is 31.6 Å². The molecule has 1 N–H and O–H groups in total. The average molecular weight is 570 g/mol. The van der Waals surface area contributed by atoms with Gasteiger partial charge in [0.15, 0.2) is 0 Å². The third-order valence-corrected chi connectivity index (χ3v) is 7.89. The van der Waals surface area contributed by atoms with Crippen LogP contribution in [0.5, 0.6) is 5.88 Å². The van der Waals surface area contributed by atoms with Gasteiger partial charge in [-0.3, -0.25) is 9.52 Å². The van der Waals surface area contributed by atoms with Crippen molar-refractivity contribution < 1.29 is 32.2 Å². The van der Waals surface area contributed by atoms with Crippen molar-refractivity contribution in [3.8, 4) is 5.88 Å². The highest BCUT2D eigenvalue weighted by molar-refractivity contribution is 7.90. The van der Waals surface area contributed by atoms with Gasteiger partial charge in [-0.15, -0.1) is 0 Å². The van der Waals surface area contributed by atoms with Gasteiger partial charge < -0.3 is 18.9 Å².